The maximum Gasteiger partial charge on any atom is 0.228 e. The third kappa shape index (κ3) is 4.94. The predicted octanol–water partition coefficient (Wildman–Crippen LogP) is 1.78. The minimum Gasteiger partial charge on any atom is -0.355 e. The number of carbonyl (C=O) groups is 2. The molecule has 6 heteroatoms. The lowest BCUT2D eigenvalue weighted by atomic mass is 10.0. The van der Waals surface area contributed by atoms with E-state index in [0.29, 0.717) is 25.3 Å². The Bertz CT molecular complexity index is 587. The average Bonchev–Trinajstić information content (AvgIpc) is 3.26. The number of fused-ring (bicyclic) bond motifs is 1. The Morgan fingerprint density at radius 2 is 2.17 bits per heavy atom. The first-order chi connectivity index (χ1) is 10.6. The Labute approximate surface area is 142 Å². The van der Waals surface area contributed by atoms with Gasteiger partial charge >= 0.3 is 0 Å². The van der Waals surface area contributed by atoms with Crippen molar-refractivity contribution in [2.75, 3.05) is 11.9 Å². The summed E-state index contributed by atoms with van der Waals surface area (Å²) < 4.78 is 0. The molecule has 1 aromatic rings. The molecule has 0 saturated heterocycles. The smallest absolute Gasteiger partial charge is 0.228 e. The molecule has 4 N–H and O–H groups in total. The van der Waals surface area contributed by atoms with Crippen molar-refractivity contribution < 1.29 is 9.59 Å². The van der Waals surface area contributed by atoms with Gasteiger partial charge < -0.3 is 16.4 Å². The van der Waals surface area contributed by atoms with Crippen molar-refractivity contribution in [1.29, 1.82) is 0 Å². The molecule has 0 aromatic heterocycles. The summed E-state index contributed by atoms with van der Waals surface area (Å²) in [6, 6.07) is 6.15. The minimum atomic E-state index is 0. The fourth-order valence-electron chi connectivity index (χ4n) is 2.90. The second-order valence-electron chi connectivity index (χ2n) is 6.38. The maximum atomic E-state index is 11.8. The molecule has 1 aliphatic carbocycles. The largest absolute Gasteiger partial charge is 0.355 e. The highest BCUT2D eigenvalue weighted by molar-refractivity contribution is 5.99. The SMILES string of the molecule is Cl.NC(CNC(=O)CCCc1ccc2c(c1)CC(=O)N2)C1CC1. The molecule has 0 radical (unpaired) electrons. The Morgan fingerprint density at radius 1 is 1.39 bits per heavy atom. The van der Waals surface area contributed by atoms with Crippen molar-refractivity contribution in [2.24, 2.45) is 11.7 Å². The average molecular weight is 338 g/mol. The van der Waals surface area contributed by atoms with Crippen LogP contribution in [-0.4, -0.2) is 24.4 Å². The Balaban J connectivity index is 0.00000192. The summed E-state index contributed by atoms with van der Waals surface area (Å²) in [6.45, 7) is 0.593. The van der Waals surface area contributed by atoms with Gasteiger partial charge in [-0.25, -0.2) is 0 Å². The lowest BCUT2D eigenvalue weighted by molar-refractivity contribution is -0.121. The van der Waals surface area contributed by atoms with Crippen molar-refractivity contribution in [2.45, 2.75) is 44.6 Å². The Hall–Kier alpha value is -1.59. The third-order valence-electron chi connectivity index (χ3n) is 4.43. The summed E-state index contributed by atoms with van der Waals surface area (Å²) in [4.78, 5) is 23.1. The van der Waals surface area contributed by atoms with Gasteiger partial charge in [-0.1, -0.05) is 12.1 Å². The van der Waals surface area contributed by atoms with Gasteiger partial charge in [0.15, 0.2) is 0 Å². The van der Waals surface area contributed by atoms with Crippen molar-refractivity contribution in [3.8, 4) is 0 Å². The topological polar surface area (TPSA) is 84.2 Å². The highest BCUT2D eigenvalue weighted by Gasteiger charge is 2.28. The van der Waals surface area contributed by atoms with Gasteiger partial charge in [-0.15, -0.1) is 12.4 Å². The highest BCUT2D eigenvalue weighted by atomic mass is 35.5. The van der Waals surface area contributed by atoms with Gasteiger partial charge in [0.25, 0.3) is 0 Å². The zero-order valence-electron chi connectivity index (χ0n) is 13.1. The molecule has 2 aliphatic rings. The molecule has 1 saturated carbocycles. The van der Waals surface area contributed by atoms with E-state index >= 15 is 0 Å². The molecule has 1 atom stereocenters. The van der Waals surface area contributed by atoms with Crippen molar-refractivity contribution >= 4 is 29.9 Å². The van der Waals surface area contributed by atoms with Crippen LogP contribution in [0.4, 0.5) is 5.69 Å². The van der Waals surface area contributed by atoms with E-state index < -0.39 is 0 Å². The number of nitrogens with two attached hydrogens (primary N) is 1. The van der Waals surface area contributed by atoms with Gasteiger partial charge in [0.2, 0.25) is 11.8 Å². The molecule has 1 aliphatic heterocycles. The molecule has 1 heterocycles. The molecule has 0 spiro atoms. The first-order valence-corrected chi connectivity index (χ1v) is 8.06. The molecule has 1 fully saturated rings. The summed E-state index contributed by atoms with van der Waals surface area (Å²) in [5, 5.41) is 5.74. The summed E-state index contributed by atoms with van der Waals surface area (Å²) in [6.07, 6.45) is 5.04. The van der Waals surface area contributed by atoms with Gasteiger partial charge in [0.05, 0.1) is 6.42 Å². The number of hydrogen-bond donors (Lipinski definition) is 3. The molecule has 1 aromatic carbocycles. The number of halogens is 1. The fourth-order valence-corrected chi connectivity index (χ4v) is 2.90. The molecule has 5 nitrogen and oxygen atoms in total. The van der Waals surface area contributed by atoms with Crippen LogP contribution < -0.4 is 16.4 Å². The van der Waals surface area contributed by atoms with Crippen LogP contribution >= 0.6 is 12.4 Å². The highest BCUT2D eigenvalue weighted by Crippen LogP contribution is 2.31. The molecule has 0 bridgehead atoms. The summed E-state index contributed by atoms with van der Waals surface area (Å²) in [5.41, 5.74) is 9.12. The second-order valence-corrected chi connectivity index (χ2v) is 6.38. The first-order valence-electron chi connectivity index (χ1n) is 8.06. The second kappa shape index (κ2) is 7.79. The zero-order chi connectivity index (χ0) is 15.5. The summed E-state index contributed by atoms with van der Waals surface area (Å²) in [7, 11) is 0. The molecule has 23 heavy (non-hydrogen) atoms. The number of anilines is 1. The van der Waals surface area contributed by atoms with E-state index in [0.717, 1.165) is 24.1 Å². The monoisotopic (exact) mass is 337 g/mol. The summed E-state index contributed by atoms with van der Waals surface area (Å²) >= 11 is 0. The molecule has 126 valence electrons. The molecular formula is C17H24ClN3O2. The molecule has 1 unspecified atom stereocenters. The number of benzene rings is 1. The van der Waals surface area contributed by atoms with E-state index in [2.05, 4.69) is 16.7 Å². The normalized spacial score (nSPS) is 17.0. The van der Waals surface area contributed by atoms with Crippen LogP contribution in [0.2, 0.25) is 0 Å². The number of hydrogen-bond acceptors (Lipinski definition) is 3. The Kier molecular flexibility index (Phi) is 6.02. The predicted molar refractivity (Wildman–Crippen MR) is 92.7 cm³/mol. The van der Waals surface area contributed by atoms with E-state index in [1.807, 2.05) is 12.1 Å². The number of rotatable bonds is 7. The van der Waals surface area contributed by atoms with E-state index in [9.17, 15) is 9.59 Å². The Morgan fingerprint density at radius 3 is 2.91 bits per heavy atom. The van der Waals surface area contributed by atoms with E-state index in [1.54, 1.807) is 0 Å². The third-order valence-corrected chi connectivity index (χ3v) is 4.43. The van der Waals surface area contributed by atoms with Crippen LogP contribution in [-0.2, 0) is 22.4 Å². The molecule has 3 rings (SSSR count). The number of carbonyl (C=O) groups excluding carboxylic acids is 2. The standard InChI is InChI=1S/C17H23N3O2.ClH/c18-14(12-5-6-12)10-19-16(21)3-1-2-11-4-7-15-13(8-11)9-17(22)20-15;/h4,7-8,12,14H,1-3,5-6,9-10,18H2,(H,19,21)(H,20,22);1H. The van der Waals surface area contributed by atoms with Gasteiger partial charge in [-0.3, -0.25) is 9.59 Å². The lowest BCUT2D eigenvalue weighted by Crippen LogP contribution is -2.38. The van der Waals surface area contributed by atoms with Crippen LogP contribution in [0.5, 0.6) is 0 Å². The van der Waals surface area contributed by atoms with E-state index in [1.165, 1.54) is 18.4 Å². The quantitative estimate of drug-likeness (QED) is 0.709. The first kappa shape index (κ1) is 17.8. The van der Waals surface area contributed by atoms with Crippen LogP contribution in [0, 0.1) is 5.92 Å². The van der Waals surface area contributed by atoms with Gasteiger partial charge in [-0.2, -0.15) is 0 Å². The van der Waals surface area contributed by atoms with Gasteiger partial charge in [-0.05, 0) is 48.8 Å². The van der Waals surface area contributed by atoms with E-state index in [4.69, 9.17) is 5.73 Å². The van der Waals surface area contributed by atoms with E-state index in [-0.39, 0.29) is 30.3 Å². The van der Waals surface area contributed by atoms with Crippen molar-refractivity contribution in [3.05, 3.63) is 29.3 Å². The van der Waals surface area contributed by atoms with Crippen LogP contribution in [0.15, 0.2) is 18.2 Å². The fraction of sp³-hybridized carbons (Fsp3) is 0.529. The molecular weight excluding hydrogens is 314 g/mol. The van der Waals surface area contributed by atoms with Crippen molar-refractivity contribution in [3.63, 3.8) is 0 Å². The van der Waals surface area contributed by atoms with Crippen LogP contribution in [0.3, 0.4) is 0 Å². The summed E-state index contributed by atoms with van der Waals surface area (Å²) in [5.74, 6) is 0.746. The van der Waals surface area contributed by atoms with Gasteiger partial charge in [0, 0.05) is 24.7 Å². The van der Waals surface area contributed by atoms with Crippen molar-refractivity contribution in [1.82, 2.24) is 5.32 Å². The van der Waals surface area contributed by atoms with Crippen LogP contribution in [0.25, 0.3) is 0 Å². The number of nitrogens with one attached hydrogen (secondary N) is 2. The lowest BCUT2D eigenvalue weighted by Gasteiger charge is -2.11. The van der Waals surface area contributed by atoms with Crippen LogP contribution in [0.1, 0.15) is 36.8 Å². The maximum absolute atomic E-state index is 11.8. The minimum absolute atomic E-state index is 0. The van der Waals surface area contributed by atoms with Gasteiger partial charge in [0.1, 0.15) is 0 Å². The number of aryl methyl sites for hydroxylation is 1. The number of amides is 2. The zero-order valence-corrected chi connectivity index (χ0v) is 14.0. The molecule has 2 amide bonds.